The van der Waals surface area contributed by atoms with E-state index in [0.717, 1.165) is 21.9 Å². The van der Waals surface area contributed by atoms with Gasteiger partial charge >= 0.3 is 0 Å². The highest BCUT2D eigenvalue weighted by Crippen LogP contribution is 2.32. The zero-order chi connectivity index (χ0) is 16.4. The fraction of sp³-hybridized carbons (Fsp3) is 0.444. The van der Waals surface area contributed by atoms with E-state index in [1.807, 2.05) is 26.0 Å². The van der Waals surface area contributed by atoms with E-state index < -0.39 is 11.6 Å². The Morgan fingerprint density at radius 1 is 0.591 bits per heavy atom. The van der Waals surface area contributed by atoms with Crippen molar-refractivity contribution in [1.82, 2.24) is 0 Å². The van der Waals surface area contributed by atoms with Crippen LogP contribution in [0.4, 0.5) is 0 Å². The molecule has 4 nitrogen and oxygen atoms in total. The van der Waals surface area contributed by atoms with Gasteiger partial charge in [-0.3, -0.25) is 0 Å². The summed E-state index contributed by atoms with van der Waals surface area (Å²) in [5.74, 6) is -1.54. The average molecular weight is 304 g/mol. The quantitative estimate of drug-likeness (QED) is 0.761. The highest BCUT2D eigenvalue weighted by atomic mass is 16.7. The smallest absolute Gasteiger partial charge is 0.191 e. The minimum atomic E-state index is -0.768. The summed E-state index contributed by atoms with van der Waals surface area (Å²) in [4.78, 5) is 0. The van der Waals surface area contributed by atoms with Crippen molar-refractivity contribution in [3.05, 3.63) is 47.5 Å². The predicted molar refractivity (Wildman–Crippen MR) is 86.7 cm³/mol. The molecule has 2 aromatic carbocycles. The van der Waals surface area contributed by atoms with Crippen molar-refractivity contribution in [1.29, 1.82) is 0 Å². The first-order chi connectivity index (χ1) is 10.4. The number of ether oxygens (including phenoxy) is 4. The molecule has 0 radical (unpaired) electrons. The van der Waals surface area contributed by atoms with E-state index in [4.69, 9.17) is 18.9 Å². The van der Waals surface area contributed by atoms with Crippen LogP contribution >= 0.6 is 0 Å². The van der Waals surface area contributed by atoms with E-state index in [-0.39, 0.29) is 0 Å². The maximum absolute atomic E-state index is 5.49. The van der Waals surface area contributed by atoms with E-state index in [1.54, 1.807) is 28.4 Å². The summed E-state index contributed by atoms with van der Waals surface area (Å²) in [7, 11) is 6.54. The molecule has 0 aliphatic rings. The van der Waals surface area contributed by atoms with Crippen molar-refractivity contribution in [3.8, 4) is 0 Å². The molecule has 0 heterocycles. The topological polar surface area (TPSA) is 36.9 Å². The fourth-order valence-corrected chi connectivity index (χ4v) is 2.45. The average Bonchev–Trinajstić information content (AvgIpc) is 2.59. The Hall–Kier alpha value is -1.46. The molecule has 0 aliphatic heterocycles. The molecule has 0 amide bonds. The van der Waals surface area contributed by atoms with Crippen LogP contribution in [0.2, 0.25) is 0 Å². The summed E-state index contributed by atoms with van der Waals surface area (Å²) in [6.45, 7) is 3.79. The number of rotatable bonds is 6. The maximum atomic E-state index is 5.49. The molecule has 2 aromatic rings. The maximum Gasteiger partial charge on any atom is 0.191 e. The van der Waals surface area contributed by atoms with Gasteiger partial charge in [-0.05, 0) is 36.8 Å². The summed E-state index contributed by atoms with van der Waals surface area (Å²) in [5, 5.41) is 2.22. The van der Waals surface area contributed by atoms with Gasteiger partial charge in [-0.2, -0.15) is 0 Å². The second-order valence-corrected chi connectivity index (χ2v) is 5.48. The molecule has 0 bridgehead atoms. The molecule has 0 N–H and O–H groups in total. The molecule has 0 aliphatic carbocycles. The standard InChI is InChI=1S/C18H24O4/c1-17(19-3,20-4)15-9-7-13-8-10-16(12-14(13)11-15)18(2,21-5)22-6/h7-12H,1-6H3. The molecule has 0 atom stereocenters. The highest BCUT2D eigenvalue weighted by molar-refractivity contribution is 5.84. The number of benzene rings is 2. The lowest BCUT2D eigenvalue weighted by Gasteiger charge is -2.28. The predicted octanol–water partition coefficient (Wildman–Crippen LogP) is 3.77. The normalized spacial score (nSPS) is 12.8. The lowest BCUT2D eigenvalue weighted by atomic mass is 9.98. The number of fused-ring (bicyclic) bond motifs is 1. The third kappa shape index (κ3) is 2.88. The van der Waals surface area contributed by atoms with E-state index in [1.165, 1.54) is 0 Å². The van der Waals surface area contributed by atoms with Crippen molar-refractivity contribution in [2.45, 2.75) is 25.4 Å². The van der Waals surface area contributed by atoms with Crippen LogP contribution in [-0.4, -0.2) is 28.4 Å². The van der Waals surface area contributed by atoms with E-state index in [9.17, 15) is 0 Å². The molecule has 0 spiro atoms. The Balaban J connectivity index is 2.56. The molecule has 0 saturated carbocycles. The Kier molecular flexibility index (Phi) is 4.87. The van der Waals surface area contributed by atoms with Crippen LogP contribution in [0.25, 0.3) is 10.8 Å². The molecule has 120 valence electrons. The Morgan fingerprint density at radius 3 is 1.27 bits per heavy atom. The first kappa shape index (κ1) is 16.9. The van der Waals surface area contributed by atoms with Crippen molar-refractivity contribution < 1.29 is 18.9 Å². The van der Waals surface area contributed by atoms with Crippen LogP contribution in [0, 0.1) is 0 Å². The van der Waals surface area contributed by atoms with Crippen LogP contribution in [0.3, 0.4) is 0 Å². The van der Waals surface area contributed by atoms with Crippen molar-refractivity contribution in [2.24, 2.45) is 0 Å². The fourth-order valence-electron chi connectivity index (χ4n) is 2.45. The summed E-state index contributed by atoms with van der Waals surface area (Å²) in [6.07, 6.45) is 0. The van der Waals surface area contributed by atoms with Crippen LogP contribution in [-0.2, 0) is 30.5 Å². The van der Waals surface area contributed by atoms with Gasteiger partial charge in [-0.15, -0.1) is 0 Å². The van der Waals surface area contributed by atoms with Crippen LogP contribution in [0.15, 0.2) is 36.4 Å². The second-order valence-electron chi connectivity index (χ2n) is 5.48. The van der Waals surface area contributed by atoms with Gasteiger partial charge in [0.2, 0.25) is 0 Å². The third-order valence-electron chi connectivity index (χ3n) is 4.45. The minimum absolute atomic E-state index is 0.768. The molecule has 2 rings (SSSR count). The lowest BCUT2D eigenvalue weighted by molar-refractivity contribution is -0.201. The van der Waals surface area contributed by atoms with E-state index in [0.29, 0.717) is 0 Å². The van der Waals surface area contributed by atoms with E-state index in [2.05, 4.69) is 24.3 Å². The van der Waals surface area contributed by atoms with Gasteiger partial charge in [0.25, 0.3) is 0 Å². The molecule has 0 fully saturated rings. The van der Waals surface area contributed by atoms with Gasteiger partial charge in [0.1, 0.15) is 0 Å². The van der Waals surface area contributed by atoms with Gasteiger partial charge in [0.15, 0.2) is 11.6 Å². The number of methoxy groups -OCH3 is 4. The van der Waals surface area contributed by atoms with Crippen molar-refractivity contribution in [2.75, 3.05) is 28.4 Å². The summed E-state index contributed by atoms with van der Waals surface area (Å²) in [5.41, 5.74) is 1.91. The molecule has 0 aromatic heterocycles. The molecule has 4 heteroatoms. The SMILES string of the molecule is COC(C)(OC)c1ccc2ccc(C(C)(OC)OC)cc2c1. The first-order valence-corrected chi connectivity index (χ1v) is 7.18. The van der Waals surface area contributed by atoms with Crippen molar-refractivity contribution >= 4 is 10.8 Å². The number of hydrogen-bond acceptors (Lipinski definition) is 4. The van der Waals surface area contributed by atoms with E-state index >= 15 is 0 Å². The minimum Gasteiger partial charge on any atom is -0.349 e. The van der Waals surface area contributed by atoms with Gasteiger partial charge in [0, 0.05) is 39.6 Å². The Labute approximate surface area is 131 Å². The molecular formula is C18H24O4. The summed E-state index contributed by atoms with van der Waals surface area (Å²) >= 11 is 0. The molecule has 22 heavy (non-hydrogen) atoms. The Morgan fingerprint density at radius 2 is 0.955 bits per heavy atom. The molecule has 0 unspecified atom stereocenters. The lowest BCUT2D eigenvalue weighted by Crippen LogP contribution is -2.27. The summed E-state index contributed by atoms with van der Waals surface area (Å²) < 4.78 is 22.0. The first-order valence-electron chi connectivity index (χ1n) is 7.18. The van der Waals surface area contributed by atoms with Crippen LogP contribution < -0.4 is 0 Å². The van der Waals surface area contributed by atoms with Crippen LogP contribution in [0.5, 0.6) is 0 Å². The van der Waals surface area contributed by atoms with Gasteiger partial charge in [-0.25, -0.2) is 0 Å². The van der Waals surface area contributed by atoms with Crippen LogP contribution in [0.1, 0.15) is 25.0 Å². The van der Waals surface area contributed by atoms with Gasteiger partial charge < -0.3 is 18.9 Å². The zero-order valence-electron chi connectivity index (χ0n) is 14.1. The molecule has 0 saturated heterocycles. The third-order valence-corrected chi connectivity index (χ3v) is 4.45. The zero-order valence-corrected chi connectivity index (χ0v) is 14.1. The monoisotopic (exact) mass is 304 g/mol. The highest BCUT2D eigenvalue weighted by Gasteiger charge is 2.27. The number of hydrogen-bond donors (Lipinski definition) is 0. The van der Waals surface area contributed by atoms with Crippen molar-refractivity contribution in [3.63, 3.8) is 0 Å². The van der Waals surface area contributed by atoms with Gasteiger partial charge in [-0.1, -0.05) is 24.3 Å². The second kappa shape index (κ2) is 6.34. The summed E-state index contributed by atoms with van der Waals surface area (Å²) in [6, 6.07) is 12.3. The van der Waals surface area contributed by atoms with Gasteiger partial charge in [0.05, 0.1) is 0 Å². The largest absolute Gasteiger partial charge is 0.349 e. The Bertz CT molecular complexity index is 590. The molecular weight excluding hydrogens is 280 g/mol.